The van der Waals surface area contributed by atoms with Gasteiger partial charge < -0.3 is 0 Å². The Labute approximate surface area is 126 Å². The lowest BCUT2D eigenvalue weighted by molar-refractivity contribution is -0.137. The van der Waals surface area contributed by atoms with Crippen molar-refractivity contribution in [3.8, 4) is 0 Å². The van der Waals surface area contributed by atoms with E-state index in [1.165, 1.54) is 30.3 Å². The molecule has 0 radical (unpaired) electrons. The van der Waals surface area contributed by atoms with E-state index in [0.717, 1.165) is 12.1 Å². The third-order valence-corrected chi connectivity index (χ3v) is 3.85. The van der Waals surface area contributed by atoms with Gasteiger partial charge in [-0.15, -0.1) is 11.6 Å². The Balaban J connectivity index is 2.38. The van der Waals surface area contributed by atoms with Crippen molar-refractivity contribution in [2.75, 3.05) is 0 Å². The molecule has 2 aromatic carbocycles. The van der Waals surface area contributed by atoms with Crippen LogP contribution < -0.4 is 0 Å². The molecule has 6 heteroatoms. The summed E-state index contributed by atoms with van der Waals surface area (Å²) in [6.45, 7) is 0. The third-order valence-electron chi connectivity index (χ3n) is 2.74. The lowest BCUT2D eigenvalue weighted by Crippen LogP contribution is -2.06. The highest BCUT2D eigenvalue weighted by molar-refractivity contribution is 9.10. The van der Waals surface area contributed by atoms with E-state index in [0.29, 0.717) is 11.1 Å². The molecule has 0 saturated heterocycles. The average Bonchev–Trinajstić information content (AvgIpc) is 2.40. The molecule has 0 fully saturated rings. The topological polar surface area (TPSA) is 0 Å². The van der Waals surface area contributed by atoms with Gasteiger partial charge >= 0.3 is 6.18 Å². The Hall–Kier alpha value is -1.07. The molecule has 0 spiro atoms. The van der Waals surface area contributed by atoms with Crippen molar-refractivity contribution in [3.05, 3.63) is 69.4 Å². The second-order valence-corrected chi connectivity index (χ2v) is 5.45. The van der Waals surface area contributed by atoms with Crippen LogP contribution in [0.4, 0.5) is 17.6 Å². The van der Waals surface area contributed by atoms with Crippen molar-refractivity contribution >= 4 is 27.5 Å². The summed E-state index contributed by atoms with van der Waals surface area (Å²) < 4.78 is 51.3. The summed E-state index contributed by atoms with van der Waals surface area (Å²) >= 11 is 9.19. The third kappa shape index (κ3) is 3.33. The smallest absolute Gasteiger partial charge is 0.206 e. The first-order valence-electron chi connectivity index (χ1n) is 5.55. The normalized spacial score (nSPS) is 13.3. The van der Waals surface area contributed by atoms with Gasteiger partial charge in [0.05, 0.1) is 15.4 Å². The second-order valence-electron chi connectivity index (χ2n) is 4.16. The van der Waals surface area contributed by atoms with Crippen LogP contribution in [0, 0.1) is 5.82 Å². The van der Waals surface area contributed by atoms with Crippen molar-refractivity contribution in [1.29, 1.82) is 0 Å². The first-order valence-corrected chi connectivity index (χ1v) is 6.78. The molecule has 1 unspecified atom stereocenters. The van der Waals surface area contributed by atoms with E-state index in [1.807, 2.05) is 0 Å². The van der Waals surface area contributed by atoms with E-state index in [1.54, 1.807) is 0 Å². The fourth-order valence-electron chi connectivity index (χ4n) is 1.74. The molecular weight excluding hydrogens is 360 g/mol. The fraction of sp³-hybridized carbons (Fsp3) is 0.143. The van der Waals surface area contributed by atoms with Gasteiger partial charge in [-0.3, -0.25) is 0 Å². The van der Waals surface area contributed by atoms with E-state index >= 15 is 0 Å². The SMILES string of the molecule is Fc1ccc(C(Cl)c2cccc(C(F)(F)F)c2)cc1Br. The lowest BCUT2D eigenvalue weighted by Gasteiger charge is -2.13. The molecule has 0 saturated carbocycles. The number of rotatable bonds is 2. The minimum absolute atomic E-state index is 0.215. The summed E-state index contributed by atoms with van der Waals surface area (Å²) in [5, 5.41) is -0.783. The Morgan fingerprint density at radius 1 is 1.00 bits per heavy atom. The van der Waals surface area contributed by atoms with Gasteiger partial charge in [-0.25, -0.2) is 4.39 Å². The summed E-state index contributed by atoms with van der Waals surface area (Å²) in [5.41, 5.74) is 0.0566. The highest BCUT2D eigenvalue weighted by Crippen LogP contribution is 2.35. The maximum atomic E-state index is 13.1. The van der Waals surface area contributed by atoms with Crippen molar-refractivity contribution in [2.45, 2.75) is 11.6 Å². The minimum atomic E-state index is -4.42. The van der Waals surface area contributed by atoms with Crippen LogP contribution in [0.2, 0.25) is 0 Å². The summed E-state index contributed by atoms with van der Waals surface area (Å²) in [7, 11) is 0. The van der Waals surface area contributed by atoms with Crippen molar-refractivity contribution in [2.24, 2.45) is 0 Å². The second kappa shape index (κ2) is 5.74. The summed E-state index contributed by atoms with van der Waals surface area (Å²) in [5.74, 6) is -0.457. The molecular formula is C14H8BrClF4. The van der Waals surface area contributed by atoms with Crippen molar-refractivity contribution < 1.29 is 17.6 Å². The Morgan fingerprint density at radius 2 is 1.65 bits per heavy atom. The van der Waals surface area contributed by atoms with Crippen LogP contribution in [0.5, 0.6) is 0 Å². The van der Waals surface area contributed by atoms with Gasteiger partial charge in [0, 0.05) is 0 Å². The van der Waals surface area contributed by atoms with Crippen LogP contribution in [0.15, 0.2) is 46.9 Å². The maximum absolute atomic E-state index is 13.1. The highest BCUT2D eigenvalue weighted by Gasteiger charge is 2.31. The quantitative estimate of drug-likeness (QED) is 0.455. The van der Waals surface area contributed by atoms with Gasteiger partial charge in [0.25, 0.3) is 0 Å². The van der Waals surface area contributed by atoms with Gasteiger partial charge in [-0.05, 0) is 51.3 Å². The Kier molecular flexibility index (Phi) is 4.39. The average molecular weight is 368 g/mol. The molecule has 0 aliphatic heterocycles. The highest BCUT2D eigenvalue weighted by atomic mass is 79.9. The lowest BCUT2D eigenvalue weighted by atomic mass is 10.0. The van der Waals surface area contributed by atoms with Gasteiger partial charge in [0.1, 0.15) is 5.82 Å². The molecule has 106 valence electrons. The van der Waals surface area contributed by atoms with Gasteiger partial charge in [0.2, 0.25) is 0 Å². The van der Waals surface area contributed by atoms with E-state index < -0.39 is 22.9 Å². The zero-order valence-electron chi connectivity index (χ0n) is 9.89. The zero-order chi connectivity index (χ0) is 14.9. The predicted molar refractivity (Wildman–Crippen MR) is 73.2 cm³/mol. The van der Waals surface area contributed by atoms with Crippen LogP contribution in [-0.4, -0.2) is 0 Å². The van der Waals surface area contributed by atoms with Crippen molar-refractivity contribution in [3.63, 3.8) is 0 Å². The van der Waals surface area contributed by atoms with E-state index in [2.05, 4.69) is 15.9 Å². The molecule has 0 bridgehead atoms. The molecule has 0 nitrogen and oxygen atoms in total. The Morgan fingerprint density at radius 3 is 2.25 bits per heavy atom. The van der Waals surface area contributed by atoms with E-state index in [9.17, 15) is 17.6 Å². The number of benzene rings is 2. The minimum Gasteiger partial charge on any atom is -0.206 e. The predicted octanol–water partition coefficient (Wildman–Crippen LogP) is 5.94. The number of hydrogen-bond donors (Lipinski definition) is 0. The molecule has 2 rings (SSSR count). The standard InChI is InChI=1S/C14H8BrClF4/c15-11-7-9(4-5-12(11)17)13(16)8-2-1-3-10(6-8)14(18,19)20/h1-7,13H. The number of alkyl halides is 4. The molecule has 0 amide bonds. The van der Waals surface area contributed by atoms with Crippen LogP contribution in [0.25, 0.3) is 0 Å². The summed E-state index contributed by atoms with van der Waals surface area (Å²) in [6.07, 6.45) is -4.42. The largest absolute Gasteiger partial charge is 0.416 e. The van der Waals surface area contributed by atoms with Gasteiger partial charge in [-0.1, -0.05) is 18.2 Å². The molecule has 1 atom stereocenters. The van der Waals surface area contributed by atoms with E-state index in [-0.39, 0.29) is 4.47 Å². The fourth-order valence-corrected chi connectivity index (χ4v) is 2.40. The monoisotopic (exact) mass is 366 g/mol. The summed E-state index contributed by atoms with van der Waals surface area (Å²) in [4.78, 5) is 0. The van der Waals surface area contributed by atoms with Gasteiger partial charge in [0.15, 0.2) is 0 Å². The van der Waals surface area contributed by atoms with Crippen molar-refractivity contribution in [1.82, 2.24) is 0 Å². The van der Waals surface area contributed by atoms with Crippen LogP contribution in [-0.2, 0) is 6.18 Å². The van der Waals surface area contributed by atoms with E-state index in [4.69, 9.17) is 11.6 Å². The van der Waals surface area contributed by atoms with Crippen LogP contribution in [0.1, 0.15) is 22.1 Å². The maximum Gasteiger partial charge on any atom is 0.416 e. The molecule has 0 aliphatic rings. The molecule has 0 N–H and O–H groups in total. The molecule has 0 aromatic heterocycles. The summed E-state index contributed by atoms with van der Waals surface area (Å²) in [6, 6.07) is 8.88. The van der Waals surface area contributed by atoms with Crippen LogP contribution >= 0.6 is 27.5 Å². The number of halogens is 6. The molecule has 2 aromatic rings. The Bertz CT molecular complexity index is 625. The van der Waals surface area contributed by atoms with Gasteiger partial charge in [-0.2, -0.15) is 13.2 Å². The first kappa shape index (κ1) is 15.3. The van der Waals surface area contributed by atoms with Crippen LogP contribution in [0.3, 0.4) is 0 Å². The molecule has 20 heavy (non-hydrogen) atoms. The molecule has 0 heterocycles. The molecule has 0 aliphatic carbocycles. The number of hydrogen-bond acceptors (Lipinski definition) is 0. The zero-order valence-corrected chi connectivity index (χ0v) is 12.2. The first-order chi connectivity index (χ1) is 9.29.